The number of carbonyl (C=O) groups excluding carboxylic acids is 2. The summed E-state index contributed by atoms with van der Waals surface area (Å²) in [5, 5.41) is 2.72. The van der Waals surface area contributed by atoms with Gasteiger partial charge in [-0.3, -0.25) is 9.36 Å². The van der Waals surface area contributed by atoms with Gasteiger partial charge in [0.2, 0.25) is 0 Å². The number of nitrogens with one attached hydrogen (secondary N) is 1. The summed E-state index contributed by atoms with van der Waals surface area (Å²) in [4.78, 5) is 24.2. The van der Waals surface area contributed by atoms with E-state index >= 15 is 0 Å². The lowest BCUT2D eigenvalue weighted by Crippen LogP contribution is -2.37. The maximum Gasteiger partial charge on any atom is 0.407 e. The summed E-state index contributed by atoms with van der Waals surface area (Å²) in [6.45, 7) is 2.18. The van der Waals surface area contributed by atoms with Gasteiger partial charge in [-0.15, -0.1) is 0 Å². The number of carbonyl (C=O) groups is 2. The van der Waals surface area contributed by atoms with E-state index in [-0.39, 0.29) is 31.0 Å². The number of hydrogen-bond donors (Lipinski definition) is 1. The predicted molar refractivity (Wildman–Crippen MR) is 99.2 cm³/mol. The number of amides is 1. The molecule has 0 spiro atoms. The molecule has 8 heteroatoms. The Morgan fingerprint density at radius 2 is 1.81 bits per heavy atom. The van der Waals surface area contributed by atoms with Crippen molar-refractivity contribution in [2.45, 2.75) is 45.3 Å². The number of rotatable bonds is 12. The normalized spacial score (nSPS) is 12.4. The summed E-state index contributed by atoms with van der Waals surface area (Å²) in [5.41, 5.74) is 0.880. The fraction of sp³-hybridized carbons (Fsp3) is 0.556. The molecule has 1 N–H and O–H groups in total. The van der Waals surface area contributed by atoms with E-state index in [1.54, 1.807) is 0 Å². The van der Waals surface area contributed by atoms with Crippen LogP contribution in [0, 0.1) is 0 Å². The molecule has 0 aliphatic carbocycles. The molecule has 0 unspecified atom stereocenters. The molecule has 0 bridgehead atoms. The first-order valence-corrected chi connectivity index (χ1v) is 10.3. The third kappa shape index (κ3) is 8.61. The third-order valence-electron chi connectivity index (χ3n) is 3.84. The summed E-state index contributed by atoms with van der Waals surface area (Å²) < 4.78 is 26.8. The van der Waals surface area contributed by atoms with Gasteiger partial charge >= 0.3 is 13.7 Å². The van der Waals surface area contributed by atoms with Crippen LogP contribution in [0.25, 0.3) is 0 Å². The van der Waals surface area contributed by atoms with Gasteiger partial charge in [-0.05, 0) is 12.0 Å². The van der Waals surface area contributed by atoms with Crippen LogP contribution in [0.1, 0.15) is 38.2 Å². The topological polar surface area (TPSA) is 90.9 Å². The number of ketones is 1. The lowest BCUT2D eigenvalue weighted by Gasteiger charge is -2.19. The predicted octanol–water partition coefficient (Wildman–Crippen LogP) is 3.92. The van der Waals surface area contributed by atoms with Gasteiger partial charge in [-0.2, -0.15) is 0 Å². The highest BCUT2D eigenvalue weighted by molar-refractivity contribution is 7.54. The minimum absolute atomic E-state index is 0.0527. The second kappa shape index (κ2) is 11.8. The minimum Gasteiger partial charge on any atom is -0.445 e. The number of benzene rings is 1. The highest BCUT2D eigenvalue weighted by atomic mass is 31.2. The SMILES string of the molecule is CCCC[C@H](CC(=O)CP(=O)(OC)OC)NC(=O)OCc1ccccc1. The van der Waals surface area contributed by atoms with Crippen molar-refractivity contribution in [1.29, 1.82) is 0 Å². The zero-order valence-corrected chi connectivity index (χ0v) is 16.5. The van der Waals surface area contributed by atoms with Gasteiger partial charge in [0, 0.05) is 26.7 Å². The molecule has 7 nitrogen and oxygen atoms in total. The van der Waals surface area contributed by atoms with Crippen LogP contribution in [0.5, 0.6) is 0 Å². The number of hydrogen-bond acceptors (Lipinski definition) is 6. The molecule has 26 heavy (non-hydrogen) atoms. The molecule has 1 rings (SSSR count). The average molecular weight is 385 g/mol. The molecule has 0 aliphatic rings. The van der Waals surface area contributed by atoms with E-state index in [1.165, 1.54) is 14.2 Å². The smallest absolute Gasteiger partial charge is 0.407 e. The minimum atomic E-state index is -3.40. The molecule has 0 saturated carbocycles. The molecule has 0 saturated heterocycles. The molecule has 1 aromatic carbocycles. The van der Waals surface area contributed by atoms with Crippen molar-refractivity contribution < 1.29 is 27.9 Å². The summed E-state index contributed by atoms with van der Waals surface area (Å²) >= 11 is 0. The average Bonchev–Trinajstić information content (AvgIpc) is 2.65. The van der Waals surface area contributed by atoms with Crippen molar-refractivity contribution >= 4 is 19.5 Å². The summed E-state index contributed by atoms with van der Waals surface area (Å²) in [6.07, 6.45) is 1.57. The van der Waals surface area contributed by atoms with Crippen LogP contribution >= 0.6 is 7.60 Å². The van der Waals surface area contributed by atoms with Crippen LogP contribution in [0.15, 0.2) is 30.3 Å². The lowest BCUT2D eigenvalue weighted by molar-refractivity contribution is -0.117. The van der Waals surface area contributed by atoms with Gasteiger partial charge in [0.15, 0.2) is 0 Å². The lowest BCUT2D eigenvalue weighted by atomic mass is 10.0. The second-order valence-electron chi connectivity index (χ2n) is 5.92. The number of ether oxygens (including phenoxy) is 1. The third-order valence-corrected chi connectivity index (χ3v) is 5.69. The fourth-order valence-corrected chi connectivity index (χ4v) is 3.33. The molecule has 0 aromatic heterocycles. The molecule has 1 amide bonds. The van der Waals surface area contributed by atoms with E-state index in [4.69, 9.17) is 13.8 Å². The van der Waals surface area contributed by atoms with Crippen molar-refractivity contribution in [3.05, 3.63) is 35.9 Å². The van der Waals surface area contributed by atoms with Crippen molar-refractivity contribution in [2.75, 3.05) is 20.4 Å². The maximum absolute atomic E-state index is 12.2. The number of Topliss-reactive ketones (excluding diaryl/α,β-unsaturated/α-hetero) is 1. The molecule has 0 heterocycles. The second-order valence-corrected chi connectivity index (χ2v) is 8.19. The largest absolute Gasteiger partial charge is 0.445 e. The van der Waals surface area contributed by atoms with Crippen molar-refractivity contribution in [3.63, 3.8) is 0 Å². The van der Waals surface area contributed by atoms with Gasteiger partial charge in [0.25, 0.3) is 0 Å². The Morgan fingerprint density at radius 1 is 1.15 bits per heavy atom. The van der Waals surface area contributed by atoms with E-state index in [2.05, 4.69) is 5.32 Å². The molecular formula is C18H28NO6P. The van der Waals surface area contributed by atoms with Gasteiger partial charge in [-0.1, -0.05) is 50.1 Å². The van der Waals surface area contributed by atoms with E-state index in [0.717, 1.165) is 18.4 Å². The highest BCUT2D eigenvalue weighted by Crippen LogP contribution is 2.46. The van der Waals surface area contributed by atoms with Crippen LogP contribution in [0.3, 0.4) is 0 Å². The Labute approximate surface area is 154 Å². The Hall–Kier alpha value is -1.69. The Bertz CT molecular complexity index is 599. The number of unbranched alkanes of at least 4 members (excludes halogenated alkanes) is 1. The summed E-state index contributed by atoms with van der Waals surface area (Å²) in [5.74, 6) is -0.290. The fourth-order valence-electron chi connectivity index (χ4n) is 2.37. The molecular weight excluding hydrogens is 357 g/mol. The van der Waals surface area contributed by atoms with Crippen LogP contribution in [0.2, 0.25) is 0 Å². The van der Waals surface area contributed by atoms with Gasteiger partial charge in [-0.25, -0.2) is 4.79 Å². The first-order valence-electron chi connectivity index (χ1n) is 8.62. The zero-order chi connectivity index (χ0) is 19.4. The van der Waals surface area contributed by atoms with E-state index in [9.17, 15) is 14.2 Å². The number of alkyl carbamates (subject to hydrolysis) is 1. The van der Waals surface area contributed by atoms with Crippen LogP contribution in [-0.2, 0) is 29.8 Å². The first kappa shape index (κ1) is 22.4. The van der Waals surface area contributed by atoms with Crippen LogP contribution < -0.4 is 5.32 Å². The maximum atomic E-state index is 12.2. The zero-order valence-electron chi connectivity index (χ0n) is 15.6. The van der Waals surface area contributed by atoms with E-state index < -0.39 is 13.7 Å². The van der Waals surface area contributed by atoms with Crippen molar-refractivity contribution in [3.8, 4) is 0 Å². The van der Waals surface area contributed by atoms with Gasteiger partial charge < -0.3 is 19.1 Å². The molecule has 1 aromatic rings. The monoisotopic (exact) mass is 385 g/mol. The van der Waals surface area contributed by atoms with Gasteiger partial charge in [0.05, 0.1) is 0 Å². The van der Waals surface area contributed by atoms with Crippen LogP contribution in [-0.4, -0.2) is 38.3 Å². The van der Waals surface area contributed by atoms with Crippen molar-refractivity contribution in [1.82, 2.24) is 5.32 Å². The molecule has 1 atom stereocenters. The Balaban J connectivity index is 2.55. The molecule has 0 fully saturated rings. The quantitative estimate of drug-likeness (QED) is 0.549. The van der Waals surface area contributed by atoms with Crippen LogP contribution in [0.4, 0.5) is 4.79 Å². The molecule has 0 radical (unpaired) electrons. The molecule has 0 aliphatic heterocycles. The molecule has 146 valence electrons. The van der Waals surface area contributed by atoms with E-state index in [0.29, 0.717) is 6.42 Å². The summed E-state index contributed by atoms with van der Waals surface area (Å²) in [6, 6.07) is 8.95. The van der Waals surface area contributed by atoms with E-state index in [1.807, 2.05) is 37.3 Å². The summed E-state index contributed by atoms with van der Waals surface area (Å²) in [7, 11) is -0.917. The highest BCUT2D eigenvalue weighted by Gasteiger charge is 2.27. The van der Waals surface area contributed by atoms with Gasteiger partial charge in [0.1, 0.15) is 18.6 Å². The Morgan fingerprint density at radius 3 is 2.38 bits per heavy atom. The van der Waals surface area contributed by atoms with Crippen molar-refractivity contribution in [2.24, 2.45) is 0 Å². The Kier molecular flexibility index (Phi) is 10.2. The first-order chi connectivity index (χ1) is 12.4. The standard InChI is InChI=1S/C18H28NO6P/c1-4-5-11-16(12-17(20)14-26(22,23-2)24-3)19-18(21)25-13-15-9-7-6-8-10-15/h6-10,16H,4-5,11-14H2,1-3H3,(H,19,21)/t16-/m1/s1.